The highest BCUT2D eigenvalue weighted by Gasteiger charge is 2.20. The molecule has 0 aliphatic carbocycles. The lowest BCUT2D eigenvalue weighted by Gasteiger charge is -2.13. The molecule has 0 spiro atoms. The summed E-state index contributed by atoms with van der Waals surface area (Å²) in [5, 5.41) is 3.18. The number of benzene rings is 1. The van der Waals surface area contributed by atoms with Crippen LogP contribution in [-0.4, -0.2) is 30.2 Å². The fourth-order valence-electron chi connectivity index (χ4n) is 2.65. The number of aryl methyl sites for hydroxylation is 2. The smallest absolute Gasteiger partial charge is 0.257 e. The molecular weight excluding hydrogens is 328 g/mol. The first-order valence-corrected chi connectivity index (χ1v) is 8.18. The van der Waals surface area contributed by atoms with Gasteiger partial charge in [0.05, 0.1) is 18.8 Å². The molecule has 126 valence electrons. The maximum atomic E-state index is 12.4. The van der Waals surface area contributed by atoms with Gasteiger partial charge >= 0.3 is 0 Å². The van der Waals surface area contributed by atoms with E-state index in [-0.39, 0.29) is 12.0 Å². The van der Waals surface area contributed by atoms with Gasteiger partial charge in [-0.3, -0.25) is 4.79 Å². The number of hydrogen-bond donors (Lipinski definition) is 1. The van der Waals surface area contributed by atoms with E-state index in [1.165, 1.54) is 6.20 Å². The number of nitrogens with zero attached hydrogens (tertiary/aromatic N) is 1. The predicted octanol–water partition coefficient (Wildman–Crippen LogP) is 3.77. The van der Waals surface area contributed by atoms with Gasteiger partial charge in [0.25, 0.3) is 5.91 Å². The van der Waals surface area contributed by atoms with Crippen LogP contribution in [0, 0.1) is 13.8 Å². The molecule has 2 aromatic rings. The molecule has 1 amide bonds. The standard InChI is InChI=1S/C18H19ClN2O3/c1-11-5-12(2)7-14(6-11)21-17(22)13-8-16(19)18(20-9-13)24-15-3-4-23-10-15/h5-9,15H,3-4,10H2,1-2H3,(H,21,22). The van der Waals surface area contributed by atoms with Crippen molar-refractivity contribution in [3.8, 4) is 5.88 Å². The van der Waals surface area contributed by atoms with Gasteiger partial charge in [0, 0.05) is 18.3 Å². The zero-order valence-electron chi connectivity index (χ0n) is 13.6. The summed E-state index contributed by atoms with van der Waals surface area (Å²) in [5.74, 6) is 0.0697. The normalized spacial score (nSPS) is 16.9. The minimum atomic E-state index is -0.259. The second-order valence-corrected chi connectivity index (χ2v) is 6.35. The zero-order valence-corrected chi connectivity index (χ0v) is 14.4. The third kappa shape index (κ3) is 4.04. The lowest BCUT2D eigenvalue weighted by atomic mass is 10.1. The van der Waals surface area contributed by atoms with Gasteiger partial charge in [-0.25, -0.2) is 4.98 Å². The van der Waals surface area contributed by atoms with E-state index in [9.17, 15) is 4.79 Å². The molecule has 1 aliphatic rings. The highest BCUT2D eigenvalue weighted by atomic mass is 35.5. The first-order valence-electron chi connectivity index (χ1n) is 7.81. The fourth-order valence-corrected chi connectivity index (χ4v) is 2.86. The van der Waals surface area contributed by atoms with E-state index in [1.807, 2.05) is 32.0 Å². The predicted molar refractivity (Wildman–Crippen MR) is 93.0 cm³/mol. The van der Waals surface area contributed by atoms with Crippen molar-refractivity contribution >= 4 is 23.2 Å². The average molecular weight is 347 g/mol. The molecule has 0 bridgehead atoms. The van der Waals surface area contributed by atoms with Crippen LogP contribution >= 0.6 is 11.6 Å². The highest BCUT2D eigenvalue weighted by Crippen LogP contribution is 2.25. The summed E-state index contributed by atoms with van der Waals surface area (Å²) in [6.07, 6.45) is 2.24. The molecule has 1 aromatic carbocycles. The van der Waals surface area contributed by atoms with E-state index in [2.05, 4.69) is 10.3 Å². The maximum absolute atomic E-state index is 12.4. The zero-order chi connectivity index (χ0) is 17.1. The molecule has 5 nitrogen and oxygen atoms in total. The molecule has 1 fully saturated rings. The van der Waals surface area contributed by atoms with Crippen molar-refractivity contribution < 1.29 is 14.3 Å². The molecule has 0 saturated carbocycles. The number of halogens is 1. The Kier molecular flexibility index (Phi) is 5.02. The summed E-state index contributed by atoms with van der Waals surface area (Å²) in [6, 6.07) is 7.44. The summed E-state index contributed by atoms with van der Waals surface area (Å²) in [7, 11) is 0. The molecule has 1 aromatic heterocycles. The van der Waals surface area contributed by atoms with Crippen LogP contribution < -0.4 is 10.1 Å². The van der Waals surface area contributed by atoms with Crippen LogP contribution in [0.5, 0.6) is 5.88 Å². The molecule has 6 heteroatoms. The summed E-state index contributed by atoms with van der Waals surface area (Å²) >= 11 is 6.20. The number of pyridine rings is 1. The van der Waals surface area contributed by atoms with Gasteiger partial charge in [0.2, 0.25) is 5.88 Å². The van der Waals surface area contributed by atoms with Crippen molar-refractivity contribution in [3.63, 3.8) is 0 Å². The first-order chi connectivity index (χ1) is 11.5. The van der Waals surface area contributed by atoms with Gasteiger partial charge in [0.15, 0.2) is 0 Å². The van der Waals surface area contributed by atoms with Gasteiger partial charge in [-0.2, -0.15) is 0 Å². The molecule has 1 aliphatic heterocycles. The SMILES string of the molecule is Cc1cc(C)cc(NC(=O)c2cnc(OC3CCOC3)c(Cl)c2)c1. The molecule has 1 N–H and O–H groups in total. The fraction of sp³-hybridized carbons (Fsp3) is 0.333. The lowest BCUT2D eigenvalue weighted by molar-refractivity contribution is 0.102. The number of aromatic nitrogens is 1. The Morgan fingerprint density at radius 1 is 1.29 bits per heavy atom. The minimum absolute atomic E-state index is 0.0371. The summed E-state index contributed by atoms with van der Waals surface area (Å²) in [4.78, 5) is 16.5. The largest absolute Gasteiger partial charge is 0.471 e. The first kappa shape index (κ1) is 16.7. The lowest BCUT2D eigenvalue weighted by Crippen LogP contribution is -2.17. The van der Waals surface area contributed by atoms with Gasteiger partial charge in [0.1, 0.15) is 11.1 Å². The Bertz CT molecular complexity index is 738. The number of ether oxygens (including phenoxy) is 2. The van der Waals surface area contributed by atoms with E-state index < -0.39 is 0 Å². The van der Waals surface area contributed by atoms with Crippen molar-refractivity contribution in [2.24, 2.45) is 0 Å². The van der Waals surface area contributed by atoms with E-state index in [1.54, 1.807) is 6.07 Å². The number of anilines is 1. The van der Waals surface area contributed by atoms with Gasteiger partial charge in [-0.15, -0.1) is 0 Å². The van der Waals surface area contributed by atoms with Crippen molar-refractivity contribution in [1.82, 2.24) is 4.98 Å². The van der Waals surface area contributed by atoms with Crippen molar-refractivity contribution in [1.29, 1.82) is 0 Å². The molecule has 2 heterocycles. The summed E-state index contributed by atoms with van der Waals surface area (Å²) in [6.45, 7) is 5.19. The quantitative estimate of drug-likeness (QED) is 0.915. The van der Waals surface area contributed by atoms with E-state index >= 15 is 0 Å². The Hall–Kier alpha value is -2.11. The van der Waals surface area contributed by atoms with Gasteiger partial charge in [-0.1, -0.05) is 17.7 Å². The van der Waals surface area contributed by atoms with Crippen LogP contribution in [0.1, 0.15) is 27.9 Å². The van der Waals surface area contributed by atoms with Crippen LogP contribution in [-0.2, 0) is 4.74 Å². The van der Waals surface area contributed by atoms with Gasteiger partial charge < -0.3 is 14.8 Å². The van der Waals surface area contributed by atoms with Crippen LogP contribution in [0.25, 0.3) is 0 Å². The summed E-state index contributed by atoms with van der Waals surface area (Å²) < 4.78 is 10.9. The third-order valence-corrected chi connectivity index (χ3v) is 3.99. The van der Waals surface area contributed by atoms with Crippen molar-refractivity contribution in [2.75, 3.05) is 18.5 Å². The van der Waals surface area contributed by atoms with Crippen LogP contribution in [0.4, 0.5) is 5.69 Å². The second-order valence-electron chi connectivity index (χ2n) is 5.94. The van der Waals surface area contributed by atoms with E-state index in [0.29, 0.717) is 29.7 Å². The Morgan fingerprint density at radius 2 is 2.04 bits per heavy atom. The Balaban J connectivity index is 1.71. The number of rotatable bonds is 4. The average Bonchev–Trinajstić information content (AvgIpc) is 3.01. The molecular formula is C18H19ClN2O3. The monoisotopic (exact) mass is 346 g/mol. The number of hydrogen-bond acceptors (Lipinski definition) is 4. The molecule has 1 saturated heterocycles. The van der Waals surface area contributed by atoms with Crippen LogP contribution in [0.2, 0.25) is 5.02 Å². The number of carbonyl (C=O) groups is 1. The summed E-state index contributed by atoms with van der Waals surface area (Å²) in [5.41, 5.74) is 3.30. The van der Waals surface area contributed by atoms with Crippen molar-refractivity contribution in [3.05, 3.63) is 52.2 Å². The van der Waals surface area contributed by atoms with E-state index in [4.69, 9.17) is 21.1 Å². The Labute approximate surface area is 145 Å². The van der Waals surface area contributed by atoms with Crippen LogP contribution in [0.3, 0.4) is 0 Å². The molecule has 1 atom stereocenters. The molecule has 1 unspecified atom stereocenters. The van der Waals surface area contributed by atoms with Crippen molar-refractivity contribution in [2.45, 2.75) is 26.4 Å². The second kappa shape index (κ2) is 7.20. The molecule has 0 radical (unpaired) electrons. The highest BCUT2D eigenvalue weighted by molar-refractivity contribution is 6.32. The third-order valence-electron chi connectivity index (χ3n) is 3.72. The topological polar surface area (TPSA) is 60.5 Å². The number of amides is 1. The molecule has 24 heavy (non-hydrogen) atoms. The van der Waals surface area contributed by atoms with E-state index in [0.717, 1.165) is 23.2 Å². The minimum Gasteiger partial charge on any atom is -0.471 e. The maximum Gasteiger partial charge on any atom is 0.257 e. The number of carbonyl (C=O) groups excluding carboxylic acids is 1. The van der Waals surface area contributed by atoms with Gasteiger partial charge in [-0.05, 0) is 43.2 Å². The van der Waals surface area contributed by atoms with Crippen LogP contribution in [0.15, 0.2) is 30.5 Å². The number of nitrogens with one attached hydrogen (secondary N) is 1. The Morgan fingerprint density at radius 3 is 2.67 bits per heavy atom. The molecule has 3 rings (SSSR count).